The average Bonchev–Trinajstić information content (AvgIpc) is 3.25. The standard InChI is InChI=1S/C29H36N2O4.C2H6/c1-30-16-7-10-25(30)15-17-31(20-21-11-12-22-8-5-6-9-23(22)18-21)29(32)24-13-14-26(33-2)28(35-4)27(19-24)34-3;1-2/h5-6,8-9,11-14,18-19,24-25H,7,10,15-17,20H2,1-4H3;1-2H3. The Bertz CT molecular complexity index is 1140. The molecule has 2 aliphatic rings. The van der Waals surface area contributed by atoms with Gasteiger partial charge in [-0.25, -0.2) is 0 Å². The molecule has 6 nitrogen and oxygen atoms in total. The van der Waals surface area contributed by atoms with Crippen molar-refractivity contribution in [2.75, 3.05) is 41.5 Å². The Kier molecular flexibility index (Phi) is 10.6. The van der Waals surface area contributed by atoms with Crippen LogP contribution in [0.5, 0.6) is 0 Å². The molecule has 200 valence electrons. The Morgan fingerprint density at radius 1 is 1.03 bits per heavy atom. The number of benzene rings is 2. The molecule has 0 bridgehead atoms. The van der Waals surface area contributed by atoms with Gasteiger partial charge in [0.1, 0.15) is 0 Å². The molecule has 2 atom stereocenters. The van der Waals surface area contributed by atoms with Crippen LogP contribution < -0.4 is 0 Å². The summed E-state index contributed by atoms with van der Waals surface area (Å²) in [5.74, 6) is 1.07. The van der Waals surface area contributed by atoms with Crippen LogP contribution in [0.15, 0.2) is 78.0 Å². The molecule has 2 aromatic rings. The maximum absolute atomic E-state index is 13.9. The van der Waals surface area contributed by atoms with Gasteiger partial charge in [-0.05, 0) is 67.4 Å². The zero-order valence-electron chi connectivity index (χ0n) is 23.2. The van der Waals surface area contributed by atoms with Gasteiger partial charge in [0.15, 0.2) is 11.5 Å². The summed E-state index contributed by atoms with van der Waals surface area (Å²) >= 11 is 0. The second kappa shape index (κ2) is 13.9. The van der Waals surface area contributed by atoms with Crippen LogP contribution >= 0.6 is 0 Å². The molecular formula is C31H42N2O4. The average molecular weight is 507 g/mol. The number of hydrogen-bond acceptors (Lipinski definition) is 5. The van der Waals surface area contributed by atoms with Crippen LogP contribution in [0.2, 0.25) is 0 Å². The van der Waals surface area contributed by atoms with Crippen LogP contribution in [0.1, 0.15) is 38.7 Å². The molecule has 1 aliphatic carbocycles. The number of amides is 1. The van der Waals surface area contributed by atoms with Crippen molar-refractivity contribution in [3.05, 3.63) is 83.5 Å². The van der Waals surface area contributed by atoms with Crippen molar-refractivity contribution < 1.29 is 19.0 Å². The lowest BCUT2D eigenvalue weighted by Crippen LogP contribution is -2.38. The van der Waals surface area contributed by atoms with Crippen molar-refractivity contribution in [1.29, 1.82) is 0 Å². The van der Waals surface area contributed by atoms with E-state index in [0.29, 0.717) is 36.4 Å². The van der Waals surface area contributed by atoms with E-state index in [1.54, 1.807) is 27.4 Å². The van der Waals surface area contributed by atoms with Gasteiger partial charge in [-0.3, -0.25) is 4.79 Å². The first-order valence-electron chi connectivity index (χ1n) is 13.3. The third-order valence-corrected chi connectivity index (χ3v) is 7.07. The molecule has 6 heteroatoms. The van der Waals surface area contributed by atoms with Crippen LogP contribution in [0.4, 0.5) is 0 Å². The van der Waals surface area contributed by atoms with Crippen molar-refractivity contribution in [3.63, 3.8) is 0 Å². The number of hydrogen-bond donors (Lipinski definition) is 0. The lowest BCUT2D eigenvalue weighted by atomic mass is 10.0. The quantitative estimate of drug-likeness (QED) is 0.424. The number of ether oxygens (including phenoxy) is 3. The van der Waals surface area contributed by atoms with Gasteiger partial charge in [0.2, 0.25) is 11.7 Å². The number of nitrogens with zero attached hydrogens (tertiary/aromatic N) is 2. The molecule has 0 aromatic heterocycles. The van der Waals surface area contributed by atoms with Crippen molar-refractivity contribution in [2.24, 2.45) is 5.92 Å². The molecule has 0 radical (unpaired) electrons. The van der Waals surface area contributed by atoms with Crippen LogP contribution in [0.25, 0.3) is 10.8 Å². The van der Waals surface area contributed by atoms with E-state index >= 15 is 0 Å². The fourth-order valence-corrected chi connectivity index (χ4v) is 5.04. The molecule has 1 amide bonds. The van der Waals surface area contributed by atoms with Crippen LogP contribution in [-0.4, -0.2) is 63.2 Å². The number of fused-ring (bicyclic) bond motifs is 1. The second-order valence-electron chi connectivity index (χ2n) is 9.23. The molecule has 0 saturated carbocycles. The summed E-state index contributed by atoms with van der Waals surface area (Å²) in [6.07, 6.45) is 8.83. The third-order valence-electron chi connectivity index (χ3n) is 7.07. The normalized spacial score (nSPS) is 19.6. The predicted octanol–water partition coefficient (Wildman–Crippen LogP) is 5.90. The summed E-state index contributed by atoms with van der Waals surface area (Å²) in [4.78, 5) is 18.3. The molecule has 1 heterocycles. The third kappa shape index (κ3) is 6.95. The number of likely N-dealkylation sites (tertiary alicyclic amines) is 1. The largest absolute Gasteiger partial charge is 0.493 e. The molecule has 4 rings (SSSR count). The Labute approximate surface area is 222 Å². The summed E-state index contributed by atoms with van der Waals surface area (Å²) in [5, 5.41) is 2.38. The minimum atomic E-state index is -0.482. The number of rotatable bonds is 9. The number of allylic oxidation sites excluding steroid dienone is 1. The fourth-order valence-electron chi connectivity index (χ4n) is 5.04. The molecule has 1 saturated heterocycles. The number of carbonyl (C=O) groups is 1. The van der Waals surface area contributed by atoms with Gasteiger partial charge in [0, 0.05) is 19.1 Å². The number of carbonyl (C=O) groups excluding carboxylic acids is 1. The highest BCUT2D eigenvalue weighted by Crippen LogP contribution is 2.27. The summed E-state index contributed by atoms with van der Waals surface area (Å²) in [6.45, 7) is 6.38. The van der Waals surface area contributed by atoms with Crippen molar-refractivity contribution in [1.82, 2.24) is 9.80 Å². The van der Waals surface area contributed by atoms with Crippen LogP contribution in [0, 0.1) is 5.92 Å². The van der Waals surface area contributed by atoms with E-state index in [4.69, 9.17) is 14.2 Å². The van der Waals surface area contributed by atoms with Gasteiger partial charge in [-0.2, -0.15) is 0 Å². The summed E-state index contributed by atoms with van der Waals surface area (Å²) < 4.78 is 16.6. The highest BCUT2D eigenvalue weighted by atomic mass is 16.5. The van der Waals surface area contributed by atoms with E-state index in [1.807, 2.05) is 43.0 Å². The van der Waals surface area contributed by atoms with E-state index in [1.165, 1.54) is 23.6 Å². The smallest absolute Gasteiger partial charge is 0.233 e. The monoisotopic (exact) mass is 506 g/mol. The van der Waals surface area contributed by atoms with Crippen LogP contribution in [-0.2, 0) is 25.5 Å². The molecule has 2 aromatic carbocycles. The second-order valence-corrected chi connectivity index (χ2v) is 9.23. The van der Waals surface area contributed by atoms with Gasteiger partial charge in [0.05, 0.1) is 27.2 Å². The molecule has 0 spiro atoms. The van der Waals surface area contributed by atoms with Gasteiger partial charge in [-0.15, -0.1) is 0 Å². The van der Waals surface area contributed by atoms with Gasteiger partial charge in [-0.1, -0.05) is 56.3 Å². The van der Waals surface area contributed by atoms with Gasteiger partial charge < -0.3 is 24.0 Å². The fraction of sp³-hybridized carbons (Fsp3) is 0.452. The van der Waals surface area contributed by atoms with Crippen molar-refractivity contribution >= 4 is 16.7 Å². The molecule has 0 N–H and O–H groups in total. The van der Waals surface area contributed by atoms with E-state index in [0.717, 1.165) is 18.5 Å². The molecule has 1 aliphatic heterocycles. The Morgan fingerprint density at radius 3 is 2.43 bits per heavy atom. The van der Waals surface area contributed by atoms with E-state index in [9.17, 15) is 4.79 Å². The van der Waals surface area contributed by atoms with Crippen molar-refractivity contribution in [2.45, 2.75) is 45.7 Å². The highest BCUT2D eigenvalue weighted by Gasteiger charge is 2.28. The minimum absolute atomic E-state index is 0.0393. The Balaban J connectivity index is 0.00000186. The predicted molar refractivity (Wildman–Crippen MR) is 150 cm³/mol. The zero-order chi connectivity index (χ0) is 26.8. The molecule has 37 heavy (non-hydrogen) atoms. The highest BCUT2D eigenvalue weighted by molar-refractivity contribution is 5.84. The minimum Gasteiger partial charge on any atom is -0.493 e. The molecule has 1 fully saturated rings. The molecular weight excluding hydrogens is 464 g/mol. The number of methoxy groups -OCH3 is 3. The lowest BCUT2D eigenvalue weighted by Gasteiger charge is -2.28. The maximum Gasteiger partial charge on any atom is 0.233 e. The Hall–Kier alpha value is -3.25. The van der Waals surface area contributed by atoms with Gasteiger partial charge >= 0.3 is 0 Å². The maximum atomic E-state index is 13.9. The summed E-state index contributed by atoms with van der Waals surface area (Å²) in [7, 11) is 6.91. The zero-order valence-corrected chi connectivity index (χ0v) is 23.2. The van der Waals surface area contributed by atoms with E-state index < -0.39 is 5.92 Å². The Morgan fingerprint density at radius 2 is 1.78 bits per heavy atom. The first kappa shape index (κ1) is 28.3. The lowest BCUT2D eigenvalue weighted by molar-refractivity contribution is -0.133. The van der Waals surface area contributed by atoms with E-state index in [-0.39, 0.29) is 5.91 Å². The molecule has 2 unspecified atom stereocenters. The van der Waals surface area contributed by atoms with E-state index in [2.05, 4.69) is 42.3 Å². The van der Waals surface area contributed by atoms with Gasteiger partial charge in [0.25, 0.3) is 0 Å². The topological polar surface area (TPSA) is 51.2 Å². The summed E-state index contributed by atoms with van der Waals surface area (Å²) in [5.41, 5.74) is 1.12. The first-order valence-corrected chi connectivity index (χ1v) is 13.3. The SMILES string of the molecule is CC.COC1=CC(C(=O)N(CCC2CCCN2C)Cc2ccc3ccccc3c2)C=CC(OC)=C1OC. The first-order chi connectivity index (χ1) is 18.0. The van der Waals surface area contributed by atoms with Crippen LogP contribution in [0.3, 0.4) is 0 Å². The van der Waals surface area contributed by atoms with Crippen molar-refractivity contribution in [3.8, 4) is 0 Å². The summed E-state index contributed by atoms with van der Waals surface area (Å²) in [6, 6.07) is 15.3.